The number of nitrogens with zero attached hydrogens (tertiary/aromatic N) is 2. The van der Waals surface area contributed by atoms with Crippen LogP contribution in [-0.2, 0) is 27.1 Å². The Labute approximate surface area is 235 Å². The van der Waals surface area contributed by atoms with Gasteiger partial charge in [-0.15, -0.1) is 0 Å². The zero-order valence-corrected chi connectivity index (χ0v) is 23.7. The van der Waals surface area contributed by atoms with E-state index in [1.54, 1.807) is 30.1 Å². The second kappa shape index (κ2) is 12.5. The number of para-hydroxylation sites is 1. The molecule has 0 radical (unpaired) electrons. The predicted molar refractivity (Wildman–Crippen MR) is 152 cm³/mol. The monoisotopic (exact) mass is 574 g/mol. The molecule has 38 heavy (non-hydrogen) atoms. The van der Waals surface area contributed by atoms with E-state index >= 15 is 0 Å². The fourth-order valence-electron chi connectivity index (χ4n) is 4.80. The molecule has 0 saturated carbocycles. The summed E-state index contributed by atoms with van der Waals surface area (Å²) in [7, 11) is -1.89. The number of halogens is 2. The number of hydrogen-bond acceptors (Lipinski definition) is 4. The van der Waals surface area contributed by atoms with Crippen LogP contribution in [0, 0.1) is 5.41 Å². The Morgan fingerprint density at radius 1 is 0.974 bits per heavy atom. The molecular formula is C29H32Cl2N2O4S. The van der Waals surface area contributed by atoms with Crippen LogP contribution in [0.5, 0.6) is 5.75 Å². The first-order valence-electron chi connectivity index (χ1n) is 12.5. The van der Waals surface area contributed by atoms with E-state index in [4.69, 9.17) is 27.9 Å². The van der Waals surface area contributed by atoms with Crippen molar-refractivity contribution < 1.29 is 17.9 Å². The number of benzene rings is 3. The molecule has 1 aliphatic heterocycles. The Morgan fingerprint density at radius 2 is 1.66 bits per heavy atom. The summed E-state index contributed by atoms with van der Waals surface area (Å²) < 4.78 is 34.6. The Morgan fingerprint density at radius 3 is 2.34 bits per heavy atom. The normalized spacial score (nSPS) is 18.2. The molecule has 202 valence electrons. The van der Waals surface area contributed by atoms with Crippen LogP contribution in [0.25, 0.3) is 0 Å². The quantitative estimate of drug-likeness (QED) is 0.296. The summed E-state index contributed by atoms with van der Waals surface area (Å²) in [6.07, 6.45) is 1.50. The van der Waals surface area contributed by atoms with E-state index in [0.717, 1.165) is 5.56 Å². The number of piperidine rings is 1. The molecule has 0 aromatic heterocycles. The lowest BCUT2D eigenvalue weighted by Gasteiger charge is -2.42. The third-order valence-corrected chi connectivity index (χ3v) is 9.39. The summed E-state index contributed by atoms with van der Waals surface area (Å²) in [4.78, 5) is 15.1. The minimum Gasteiger partial charge on any atom is -0.493 e. The molecule has 3 aromatic rings. The maximum absolute atomic E-state index is 13.5. The van der Waals surface area contributed by atoms with Gasteiger partial charge in [-0.3, -0.25) is 4.79 Å². The van der Waals surface area contributed by atoms with Crippen molar-refractivity contribution in [3.63, 3.8) is 0 Å². The number of amides is 1. The van der Waals surface area contributed by atoms with Crippen molar-refractivity contribution in [3.05, 3.63) is 100 Å². The van der Waals surface area contributed by atoms with Crippen molar-refractivity contribution in [2.75, 3.05) is 26.7 Å². The molecule has 0 unspecified atom stereocenters. The first-order chi connectivity index (χ1) is 18.2. The molecule has 6 nitrogen and oxygen atoms in total. The van der Waals surface area contributed by atoms with E-state index in [1.165, 1.54) is 4.31 Å². The first-order valence-corrected chi connectivity index (χ1v) is 14.9. The van der Waals surface area contributed by atoms with Crippen LogP contribution < -0.4 is 4.74 Å². The fraction of sp³-hybridized carbons (Fsp3) is 0.345. The van der Waals surface area contributed by atoms with E-state index < -0.39 is 15.4 Å². The Kier molecular flexibility index (Phi) is 9.36. The molecule has 3 aromatic carbocycles. The standard InChI is InChI=1S/C29H32Cl2N2O4S/c1-32(19-23-9-4-2-5-10-23)28(34)18-29(22-37-25-11-6-3-7-12-25)15-8-16-33(21-29)38(35,36)20-24-13-14-26(30)27(31)17-24/h2-7,9-14,17H,8,15-16,18-22H2,1H3/t29-/m0/s1. The number of hydrogen-bond donors (Lipinski definition) is 0. The lowest BCUT2D eigenvalue weighted by Crippen LogP contribution is -2.50. The Hall–Kier alpha value is -2.58. The van der Waals surface area contributed by atoms with Gasteiger partial charge in [0.05, 0.1) is 22.4 Å². The van der Waals surface area contributed by atoms with Crippen LogP contribution in [-0.4, -0.2) is 50.3 Å². The summed E-state index contributed by atoms with van der Waals surface area (Å²) in [6.45, 7) is 1.31. The third-order valence-electron chi connectivity index (χ3n) is 6.86. The highest BCUT2D eigenvalue weighted by Crippen LogP contribution is 2.37. The van der Waals surface area contributed by atoms with Crippen LogP contribution in [0.15, 0.2) is 78.9 Å². The van der Waals surface area contributed by atoms with Gasteiger partial charge in [0.15, 0.2) is 0 Å². The maximum atomic E-state index is 13.5. The molecule has 1 fully saturated rings. The second-order valence-electron chi connectivity index (χ2n) is 9.96. The highest BCUT2D eigenvalue weighted by Gasteiger charge is 2.42. The number of rotatable bonds is 10. The van der Waals surface area contributed by atoms with Gasteiger partial charge in [0.25, 0.3) is 0 Å². The van der Waals surface area contributed by atoms with Crippen molar-refractivity contribution in [3.8, 4) is 5.75 Å². The summed E-state index contributed by atoms with van der Waals surface area (Å²) >= 11 is 12.1. The van der Waals surface area contributed by atoms with Gasteiger partial charge in [-0.25, -0.2) is 12.7 Å². The minimum atomic E-state index is -3.67. The van der Waals surface area contributed by atoms with Crippen LogP contribution in [0.4, 0.5) is 0 Å². The number of ether oxygens (including phenoxy) is 1. The van der Waals surface area contributed by atoms with E-state index in [0.29, 0.717) is 47.3 Å². The van der Waals surface area contributed by atoms with E-state index in [2.05, 4.69) is 0 Å². The first kappa shape index (κ1) is 28.4. The van der Waals surface area contributed by atoms with Gasteiger partial charge >= 0.3 is 0 Å². The van der Waals surface area contributed by atoms with Crippen LogP contribution >= 0.6 is 23.2 Å². The summed E-state index contributed by atoms with van der Waals surface area (Å²) in [5.74, 6) is 0.448. The molecule has 1 heterocycles. The van der Waals surface area contributed by atoms with Gasteiger partial charge in [-0.2, -0.15) is 0 Å². The average molecular weight is 576 g/mol. The smallest absolute Gasteiger partial charge is 0.223 e. The number of carbonyl (C=O) groups excluding carboxylic acids is 1. The molecule has 1 aliphatic rings. The number of carbonyl (C=O) groups is 1. The molecule has 1 saturated heterocycles. The predicted octanol–water partition coefficient (Wildman–Crippen LogP) is 6.03. The number of sulfonamides is 1. The summed E-state index contributed by atoms with van der Waals surface area (Å²) in [5.41, 5.74) is 0.933. The third kappa shape index (κ3) is 7.50. The molecule has 0 N–H and O–H groups in total. The molecule has 4 rings (SSSR count). The van der Waals surface area contributed by atoms with Gasteiger partial charge in [0.2, 0.25) is 15.9 Å². The lowest BCUT2D eigenvalue weighted by molar-refractivity contribution is -0.134. The van der Waals surface area contributed by atoms with Crippen LogP contribution in [0.2, 0.25) is 10.0 Å². The molecule has 1 amide bonds. The van der Waals surface area contributed by atoms with Gasteiger partial charge < -0.3 is 9.64 Å². The van der Waals surface area contributed by atoms with E-state index in [9.17, 15) is 13.2 Å². The SMILES string of the molecule is CN(Cc1ccccc1)C(=O)C[C@@]1(COc2ccccc2)CCCN(S(=O)(=O)Cc2ccc(Cl)c(Cl)c2)C1. The maximum Gasteiger partial charge on any atom is 0.223 e. The molecule has 9 heteroatoms. The minimum absolute atomic E-state index is 0.0470. The molecule has 1 atom stereocenters. The van der Waals surface area contributed by atoms with Crippen molar-refractivity contribution in [1.29, 1.82) is 0 Å². The van der Waals surface area contributed by atoms with Gasteiger partial charge in [0.1, 0.15) is 5.75 Å². The van der Waals surface area contributed by atoms with Crippen LogP contribution in [0.1, 0.15) is 30.4 Å². The fourth-order valence-corrected chi connectivity index (χ4v) is 6.78. The highest BCUT2D eigenvalue weighted by molar-refractivity contribution is 7.88. The summed E-state index contributed by atoms with van der Waals surface area (Å²) in [6, 6.07) is 24.0. The van der Waals surface area contributed by atoms with Crippen molar-refractivity contribution >= 4 is 39.1 Å². The molecular weight excluding hydrogens is 543 g/mol. The summed E-state index contributed by atoms with van der Waals surface area (Å²) in [5, 5.41) is 0.691. The Balaban J connectivity index is 1.53. The van der Waals surface area contributed by atoms with Gasteiger partial charge in [-0.05, 0) is 48.2 Å². The van der Waals surface area contributed by atoms with Crippen molar-refractivity contribution in [2.24, 2.45) is 5.41 Å². The Bertz CT molecular complexity index is 1340. The van der Waals surface area contributed by atoms with E-state index in [-0.39, 0.29) is 31.2 Å². The topological polar surface area (TPSA) is 66.9 Å². The highest BCUT2D eigenvalue weighted by atomic mass is 35.5. The zero-order valence-electron chi connectivity index (χ0n) is 21.4. The van der Waals surface area contributed by atoms with Crippen molar-refractivity contribution in [2.45, 2.75) is 31.6 Å². The largest absolute Gasteiger partial charge is 0.493 e. The van der Waals surface area contributed by atoms with Gasteiger partial charge in [-0.1, -0.05) is 77.8 Å². The lowest BCUT2D eigenvalue weighted by atomic mass is 9.78. The zero-order chi connectivity index (χ0) is 27.2. The van der Waals surface area contributed by atoms with Crippen molar-refractivity contribution in [1.82, 2.24) is 9.21 Å². The van der Waals surface area contributed by atoms with Crippen LogP contribution in [0.3, 0.4) is 0 Å². The molecule has 0 spiro atoms. The average Bonchev–Trinajstić information content (AvgIpc) is 2.91. The van der Waals surface area contributed by atoms with Gasteiger partial charge in [0, 0.05) is 38.5 Å². The second-order valence-corrected chi connectivity index (χ2v) is 12.7. The van der Waals surface area contributed by atoms with E-state index in [1.807, 2.05) is 60.7 Å². The molecule has 0 bridgehead atoms. The molecule has 0 aliphatic carbocycles.